The van der Waals surface area contributed by atoms with Gasteiger partial charge >= 0.3 is 0 Å². The zero-order valence-electron chi connectivity index (χ0n) is 44.2. The van der Waals surface area contributed by atoms with E-state index < -0.39 is 84.0 Å². The molecule has 0 aliphatic carbocycles. The summed E-state index contributed by atoms with van der Waals surface area (Å²) < 4.78 is 151. The zero-order valence-corrected chi connectivity index (χ0v) is 51.5. The molecule has 470 valence electrons. The Labute approximate surface area is 516 Å². The Morgan fingerprint density at radius 3 is 2.02 bits per heavy atom. The number of ether oxygens (including phenoxy) is 1. The summed E-state index contributed by atoms with van der Waals surface area (Å²) in [4.78, 5) is 8.27. The standard InChI is InChI=1S/C43H36ClN11O21S7.CH4O3S/c1-20-23(19-45)41-46-24-7-3-4-8-29(24)55(41)42(57)36(20)51-50-27-15-22-21(14-34(27)82(64,65)66)13-33(80-76-73-60)37(38(22)56)52-48-25-17-31(70-2)26(16-30(25)54(9-5-11-77-74-71-58)10-6-12-81(61,62)63)49-53-43-47-28-18-32(79-75-72-59)35(44)40(39(28)78-43)83(67,68)69;1-5(2,3)4/h3-4,7-8,13-18,56-60H,5-6,9-12H2,1-2H3,(H,61,62,63)(H,64,65,66)(H,67,68,69);1H3,(H,2,3,4). The van der Waals surface area contributed by atoms with Gasteiger partial charge in [-0.25, -0.2) is 25.7 Å². The second kappa shape index (κ2) is 29.3. The molecule has 0 atom stereocenters. The number of benzene rings is 5. The van der Waals surface area contributed by atoms with Crippen LogP contribution in [0.3, 0.4) is 0 Å². The maximum atomic E-state index is 13.0. The van der Waals surface area contributed by atoms with Gasteiger partial charge in [0, 0.05) is 47.9 Å². The van der Waals surface area contributed by atoms with Crippen molar-refractivity contribution in [2.45, 2.75) is 39.3 Å². The highest BCUT2D eigenvalue weighted by Gasteiger charge is 2.28. The first-order valence-electron chi connectivity index (χ1n) is 23.4. The number of methoxy groups -OCH3 is 1. The van der Waals surface area contributed by atoms with Crippen LogP contribution in [-0.4, -0.2) is 130 Å². The van der Waals surface area contributed by atoms with Crippen molar-refractivity contribution in [3.8, 4) is 23.4 Å². The number of halogens is 1. The number of nitriles is 1. The highest BCUT2D eigenvalue weighted by Crippen LogP contribution is 2.49. The molecule has 8 aromatic rings. The van der Waals surface area contributed by atoms with E-state index >= 15 is 0 Å². The lowest BCUT2D eigenvalue weighted by molar-refractivity contribution is -0.432. The summed E-state index contributed by atoms with van der Waals surface area (Å²) in [6, 6.07) is 15.6. The Hall–Kier alpha value is -6.69. The van der Waals surface area contributed by atoms with Crippen LogP contribution in [0.25, 0.3) is 37.7 Å². The maximum absolute atomic E-state index is 13.0. The van der Waals surface area contributed by atoms with E-state index in [1.807, 2.05) is 6.07 Å². The minimum Gasteiger partial charge on any atom is -0.505 e. The van der Waals surface area contributed by atoms with Crippen LogP contribution in [0.4, 0.5) is 39.3 Å². The van der Waals surface area contributed by atoms with Crippen LogP contribution >= 0.6 is 59.1 Å². The van der Waals surface area contributed by atoms with Crippen LogP contribution in [0, 0.1) is 18.3 Å². The summed E-state index contributed by atoms with van der Waals surface area (Å²) in [5, 5.41) is 95.6. The molecule has 0 saturated heterocycles. The summed E-state index contributed by atoms with van der Waals surface area (Å²) in [5.74, 6) is -1.97. The molecule has 88 heavy (non-hydrogen) atoms. The number of aromatic hydroxyl groups is 2. The third kappa shape index (κ3) is 17.0. The van der Waals surface area contributed by atoms with E-state index in [-0.39, 0.29) is 137 Å². The quantitative estimate of drug-likeness (QED) is 0.00607. The maximum Gasteiger partial charge on any atom is 0.297 e. The van der Waals surface area contributed by atoms with Crippen molar-refractivity contribution in [3.05, 3.63) is 76.8 Å². The van der Waals surface area contributed by atoms with Gasteiger partial charge in [0.2, 0.25) is 11.0 Å². The number of azo groups is 3. The van der Waals surface area contributed by atoms with Crippen molar-refractivity contribution in [2.75, 3.05) is 42.9 Å². The third-order valence-electron chi connectivity index (χ3n) is 11.5. The second-order valence-electron chi connectivity index (χ2n) is 17.2. The number of pyridine rings is 1. The molecule has 0 fully saturated rings. The van der Waals surface area contributed by atoms with Crippen LogP contribution in [-0.2, 0) is 68.6 Å². The van der Waals surface area contributed by atoms with Crippen LogP contribution in [0.2, 0.25) is 5.02 Å². The Kier molecular flexibility index (Phi) is 22.9. The zero-order chi connectivity index (χ0) is 64.5. The van der Waals surface area contributed by atoms with E-state index in [2.05, 4.69) is 68.8 Å². The highest BCUT2D eigenvalue weighted by atomic mass is 35.5. The van der Waals surface area contributed by atoms with E-state index in [9.17, 15) is 68.1 Å². The van der Waals surface area contributed by atoms with Gasteiger partial charge in [-0.1, -0.05) is 50.2 Å². The molecule has 9 N–H and O–H groups in total. The molecule has 44 heteroatoms. The number of nitrogens with zero attached hydrogens (tertiary/aromatic N) is 11. The molecule has 35 nitrogen and oxygen atoms in total. The predicted octanol–water partition coefficient (Wildman–Crippen LogP) is 11.1. The number of imidazole rings is 1. The van der Waals surface area contributed by atoms with Crippen molar-refractivity contribution in [2.24, 2.45) is 30.7 Å². The molecule has 0 amide bonds. The molecule has 3 heterocycles. The summed E-state index contributed by atoms with van der Waals surface area (Å²) in [7, 11) is -17.2. The normalized spacial score (nSPS) is 12.6. The van der Waals surface area contributed by atoms with Crippen LogP contribution in [0.1, 0.15) is 24.0 Å². The minimum atomic E-state index is -5.17. The van der Waals surface area contributed by atoms with Crippen molar-refractivity contribution in [3.63, 3.8) is 0 Å². The largest absolute Gasteiger partial charge is 0.505 e. The SMILES string of the molecule is COc1cc(N=Nc2c(SOOO)cc3cc(S(=O)(=O)O)c(N=Nc4c(C)c(C#N)c5nc6ccccc6n5c4O)cc3c2O)c(N(CCCSOOO)CCCS(=O)(=O)O)cc1N=Nc1nc2cc(SOOO)c(Cl)c(S(=O)(=O)O)c2s1.CS(=O)(=O)O. The van der Waals surface area contributed by atoms with Gasteiger partial charge in [0.15, 0.2) is 17.1 Å². The molecule has 0 spiro atoms. The molecule has 5 aromatic carbocycles. The van der Waals surface area contributed by atoms with Gasteiger partial charge in [-0.3, -0.25) is 22.6 Å². The molecule has 0 aliphatic heterocycles. The first-order valence-corrected chi connectivity index (χ1v) is 33.4. The molecule has 8 rings (SSSR count). The Balaban J connectivity index is 0.00000212. The average Bonchev–Trinajstić information content (AvgIpc) is 1.57. The van der Waals surface area contributed by atoms with Crippen LogP contribution in [0.15, 0.2) is 111 Å². The number of phenols is 1. The van der Waals surface area contributed by atoms with Gasteiger partial charge in [-0.05, 0) is 67.6 Å². The fourth-order valence-corrected chi connectivity index (χ4v) is 13.0. The van der Waals surface area contributed by atoms with Crippen molar-refractivity contribution in [1.82, 2.24) is 14.4 Å². The fourth-order valence-electron chi connectivity index (χ4n) is 8.03. The van der Waals surface area contributed by atoms with Gasteiger partial charge in [0.1, 0.15) is 49.9 Å². The molecule has 3 aromatic heterocycles. The van der Waals surface area contributed by atoms with E-state index in [0.717, 1.165) is 12.1 Å². The van der Waals surface area contributed by atoms with Crippen LogP contribution in [0.5, 0.6) is 17.4 Å². The van der Waals surface area contributed by atoms with Gasteiger partial charge in [0.25, 0.3) is 40.5 Å². The van der Waals surface area contributed by atoms with Crippen molar-refractivity contribution in [1.29, 1.82) is 5.26 Å². The Morgan fingerprint density at radius 2 is 1.39 bits per heavy atom. The molecule has 0 unspecified atom stereocenters. The first-order chi connectivity index (χ1) is 41.5. The second-order valence-corrected chi connectivity index (χ2v) is 26.6. The van der Waals surface area contributed by atoms with Gasteiger partial charge in [0.05, 0.1) is 85.0 Å². The van der Waals surface area contributed by atoms with Gasteiger partial charge < -0.3 is 19.8 Å². The van der Waals surface area contributed by atoms with E-state index in [1.54, 1.807) is 29.2 Å². The summed E-state index contributed by atoms with van der Waals surface area (Å²) in [5.41, 5.74) is -0.621. The van der Waals surface area contributed by atoms with Gasteiger partial charge in [-0.2, -0.15) is 38.9 Å². The molecule has 0 saturated carbocycles. The number of thiazole rings is 1. The lowest BCUT2D eigenvalue weighted by Gasteiger charge is -2.26. The fraction of sp³-hybridized carbons (Fsp3) is 0.205. The number of para-hydroxylation sites is 2. The topological polar surface area (TPSA) is 515 Å². The van der Waals surface area contributed by atoms with Gasteiger partial charge in [-0.15, -0.1) is 43.7 Å². The number of hydrogen-bond acceptors (Lipinski definition) is 34. The number of hydrogen-bond donors (Lipinski definition) is 9. The predicted molar refractivity (Wildman–Crippen MR) is 313 cm³/mol. The summed E-state index contributed by atoms with van der Waals surface area (Å²) >= 11 is 8.13. The molecular formula is C44H40ClN11O24S8. The molecule has 0 aliphatic rings. The number of anilines is 1. The van der Waals surface area contributed by atoms with E-state index in [4.69, 9.17) is 31.4 Å². The van der Waals surface area contributed by atoms with Crippen LogP contribution < -0.4 is 9.64 Å². The molecular weight excluding hydrogens is 1360 g/mol. The van der Waals surface area contributed by atoms with Crippen molar-refractivity contribution >= 4 is 176 Å². The average molecular weight is 1400 g/mol. The lowest BCUT2D eigenvalue weighted by Crippen LogP contribution is -2.27. The van der Waals surface area contributed by atoms with Crippen molar-refractivity contribution < 1.29 is 111 Å². The highest BCUT2D eigenvalue weighted by molar-refractivity contribution is 7.95. The monoisotopic (exact) mass is 1400 g/mol. The number of rotatable bonds is 26. The third-order valence-corrected chi connectivity index (χ3v) is 17.7. The Morgan fingerprint density at radius 1 is 0.750 bits per heavy atom. The number of fused-ring (bicyclic) bond motifs is 5. The smallest absolute Gasteiger partial charge is 0.297 e. The summed E-state index contributed by atoms with van der Waals surface area (Å²) in [6.45, 7) is 1.32. The Bertz CT molecular complexity index is 4580. The van der Waals surface area contributed by atoms with E-state index in [1.165, 1.54) is 42.7 Å². The van der Waals surface area contributed by atoms with E-state index in [0.29, 0.717) is 40.7 Å². The summed E-state index contributed by atoms with van der Waals surface area (Å²) in [6.07, 6.45) is 0.724. The first kappa shape index (κ1) is 68.8. The molecule has 0 bridgehead atoms. The lowest BCUT2D eigenvalue weighted by atomic mass is 10.1. The molecule has 0 radical (unpaired) electrons. The number of phenolic OH excluding ortho intramolecular Hbond substituents is 1. The minimum absolute atomic E-state index is 0.0106. The number of aromatic nitrogens is 3.